The Morgan fingerprint density at radius 1 is 1.11 bits per heavy atom. The molecule has 4 aromatic rings. The van der Waals surface area contributed by atoms with Crippen molar-refractivity contribution in [3.05, 3.63) is 116 Å². The average molecular weight is 498 g/mol. The number of ether oxygens (including phenoxy) is 1. The van der Waals surface area contributed by atoms with Gasteiger partial charge in [-0.3, -0.25) is 14.9 Å². The first kappa shape index (κ1) is 24.5. The molecule has 178 valence electrons. The Labute approximate surface area is 212 Å². The Kier molecular flexibility index (Phi) is 7.28. The third-order valence-corrected chi connectivity index (χ3v) is 5.78. The Hall–Kier alpha value is -4.67. The molecule has 4 rings (SSSR count). The van der Waals surface area contributed by atoms with E-state index >= 15 is 0 Å². The number of fused-ring (bicyclic) bond motifs is 1. The quantitative estimate of drug-likeness (QED) is 0.130. The maximum atomic E-state index is 13.0. The third kappa shape index (κ3) is 5.52. The molecule has 36 heavy (non-hydrogen) atoms. The summed E-state index contributed by atoms with van der Waals surface area (Å²) >= 11 is 6.06. The summed E-state index contributed by atoms with van der Waals surface area (Å²) in [6, 6.07) is 24.4. The molecule has 0 saturated heterocycles. The molecule has 0 aliphatic heterocycles. The summed E-state index contributed by atoms with van der Waals surface area (Å²) in [5.74, 6) is -0.153. The molecular formula is C28H20ClN3O4. The lowest BCUT2D eigenvalue weighted by molar-refractivity contribution is -0.384. The molecule has 0 radical (unpaired) electrons. The second kappa shape index (κ2) is 10.7. The highest BCUT2D eigenvalue weighted by Gasteiger charge is 2.15. The highest BCUT2D eigenvalue weighted by molar-refractivity contribution is 6.31. The van der Waals surface area contributed by atoms with E-state index in [0.717, 1.165) is 16.3 Å². The van der Waals surface area contributed by atoms with Crippen LogP contribution in [-0.4, -0.2) is 10.8 Å². The van der Waals surface area contributed by atoms with Crippen LogP contribution in [0.15, 0.2) is 84.4 Å². The number of hydrogen-bond donors (Lipinski definition) is 1. The lowest BCUT2D eigenvalue weighted by atomic mass is 10.0. The molecule has 0 saturated carbocycles. The number of nitro benzene ring substituents is 1. The van der Waals surface area contributed by atoms with E-state index in [1.54, 1.807) is 36.4 Å². The van der Waals surface area contributed by atoms with E-state index in [2.05, 4.69) is 5.32 Å². The number of aryl methyl sites for hydroxylation is 1. The number of hydrogen-bond acceptors (Lipinski definition) is 5. The van der Waals surface area contributed by atoms with Crippen molar-refractivity contribution in [2.24, 2.45) is 0 Å². The van der Waals surface area contributed by atoms with Crippen LogP contribution in [0, 0.1) is 28.4 Å². The molecule has 0 fully saturated rings. The minimum absolute atomic E-state index is 0.0329. The molecule has 1 amide bonds. The average Bonchev–Trinajstić information content (AvgIpc) is 2.88. The van der Waals surface area contributed by atoms with Crippen molar-refractivity contribution < 1.29 is 14.5 Å². The predicted molar refractivity (Wildman–Crippen MR) is 140 cm³/mol. The Morgan fingerprint density at radius 2 is 1.92 bits per heavy atom. The Balaban J connectivity index is 1.70. The van der Waals surface area contributed by atoms with Crippen molar-refractivity contribution >= 4 is 45.7 Å². The summed E-state index contributed by atoms with van der Waals surface area (Å²) in [7, 11) is 0. The Morgan fingerprint density at radius 3 is 2.69 bits per heavy atom. The number of nitriles is 1. The normalized spacial score (nSPS) is 11.1. The molecule has 0 aliphatic carbocycles. The van der Waals surface area contributed by atoms with E-state index in [1.165, 1.54) is 18.2 Å². The fourth-order valence-corrected chi connectivity index (χ4v) is 3.85. The van der Waals surface area contributed by atoms with Crippen molar-refractivity contribution in [1.82, 2.24) is 0 Å². The summed E-state index contributed by atoms with van der Waals surface area (Å²) in [6.45, 7) is 1.89. The zero-order valence-electron chi connectivity index (χ0n) is 19.2. The number of nitro groups is 1. The number of anilines is 1. The second-order valence-electron chi connectivity index (χ2n) is 8.00. The monoisotopic (exact) mass is 497 g/mol. The lowest BCUT2D eigenvalue weighted by Gasteiger charge is -2.13. The van der Waals surface area contributed by atoms with Crippen molar-refractivity contribution in [3.63, 3.8) is 0 Å². The molecule has 0 aromatic heterocycles. The van der Waals surface area contributed by atoms with Gasteiger partial charge in [0.15, 0.2) is 0 Å². The van der Waals surface area contributed by atoms with Crippen molar-refractivity contribution in [1.29, 1.82) is 5.26 Å². The molecule has 7 nitrogen and oxygen atoms in total. The van der Waals surface area contributed by atoms with E-state index < -0.39 is 10.8 Å². The molecule has 8 heteroatoms. The van der Waals surface area contributed by atoms with Gasteiger partial charge in [0.25, 0.3) is 11.6 Å². The third-order valence-electron chi connectivity index (χ3n) is 5.55. The van der Waals surface area contributed by atoms with Crippen LogP contribution in [0.5, 0.6) is 5.75 Å². The van der Waals surface area contributed by atoms with Gasteiger partial charge in [-0.25, -0.2) is 0 Å². The Bertz CT molecular complexity index is 1560. The van der Waals surface area contributed by atoms with E-state index in [4.69, 9.17) is 16.3 Å². The summed E-state index contributed by atoms with van der Waals surface area (Å²) in [4.78, 5) is 23.6. The van der Waals surface area contributed by atoms with Gasteiger partial charge in [-0.05, 0) is 53.1 Å². The molecule has 4 aromatic carbocycles. The largest absolute Gasteiger partial charge is 0.488 e. The van der Waals surface area contributed by atoms with Crippen LogP contribution in [0.25, 0.3) is 16.8 Å². The van der Waals surface area contributed by atoms with Crippen molar-refractivity contribution in [2.45, 2.75) is 13.5 Å². The molecule has 0 bridgehead atoms. The zero-order valence-corrected chi connectivity index (χ0v) is 20.0. The number of carbonyl (C=O) groups is 1. The number of halogens is 1. The fourth-order valence-electron chi connectivity index (χ4n) is 3.68. The maximum Gasteiger partial charge on any atom is 0.269 e. The van der Waals surface area contributed by atoms with Gasteiger partial charge in [0.2, 0.25) is 0 Å². The van der Waals surface area contributed by atoms with E-state index in [-0.39, 0.29) is 17.9 Å². The van der Waals surface area contributed by atoms with Gasteiger partial charge in [0, 0.05) is 28.4 Å². The lowest BCUT2D eigenvalue weighted by Crippen LogP contribution is -2.14. The van der Waals surface area contributed by atoms with Crippen molar-refractivity contribution in [3.8, 4) is 11.8 Å². The molecule has 0 spiro atoms. The van der Waals surface area contributed by atoms with Crippen LogP contribution in [0.1, 0.15) is 16.7 Å². The number of amides is 1. The van der Waals surface area contributed by atoms with Gasteiger partial charge in [0.1, 0.15) is 24.0 Å². The van der Waals surface area contributed by atoms with Crippen LogP contribution < -0.4 is 10.1 Å². The van der Waals surface area contributed by atoms with Gasteiger partial charge in [-0.1, -0.05) is 60.1 Å². The number of nitrogens with zero attached hydrogens (tertiary/aromatic N) is 2. The van der Waals surface area contributed by atoms with Gasteiger partial charge >= 0.3 is 0 Å². The summed E-state index contributed by atoms with van der Waals surface area (Å²) < 4.78 is 6.02. The van der Waals surface area contributed by atoms with Gasteiger partial charge < -0.3 is 10.1 Å². The first-order chi connectivity index (χ1) is 17.4. The minimum Gasteiger partial charge on any atom is -0.488 e. The SMILES string of the molecule is Cc1ccc(Cl)cc1NC(=O)/C(C#N)=C/c1c(OCc2cccc([N+](=O)[O-])c2)ccc2ccccc12. The van der Waals surface area contributed by atoms with Crippen LogP contribution >= 0.6 is 11.6 Å². The second-order valence-corrected chi connectivity index (χ2v) is 8.43. The van der Waals surface area contributed by atoms with E-state index in [9.17, 15) is 20.2 Å². The summed E-state index contributed by atoms with van der Waals surface area (Å²) in [5, 5.41) is 25.8. The number of nitrogens with one attached hydrogen (secondary N) is 1. The van der Waals surface area contributed by atoms with Gasteiger partial charge in [-0.15, -0.1) is 0 Å². The van der Waals surface area contributed by atoms with Crippen LogP contribution in [-0.2, 0) is 11.4 Å². The first-order valence-corrected chi connectivity index (χ1v) is 11.3. The number of non-ortho nitro benzene ring substituents is 1. The van der Waals surface area contributed by atoms with Crippen molar-refractivity contribution in [2.75, 3.05) is 5.32 Å². The molecule has 0 atom stereocenters. The fraction of sp³-hybridized carbons (Fsp3) is 0.0714. The topological polar surface area (TPSA) is 105 Å². The highest BCUT2D eigenvalue weighted by Crippen LogP contribution is 2.31. The van der Waals surface area contributed by atoms with E-state index in [1.807, 2.05) is 43.3 Å². The molecule has 1 N–H and O–H groups in total. The smallest absolute Gasteiger partial charge is 0.269 e. The van der Waals surface area contributed by atoms with Crippen LogP contribution in [0.4, 0.5) is 11.4 Å². The van der Waals surface area contributed by atoms with Crippen LogP contribution in [0.3, 0.4) is 0 Å². The summed E-state index contributed by atoms with van der Waals surface area (Å²) in [6.07, 6.45) is 1.49. The molecule has 0 aliphatic rings. The highest BCUT2D eigenvalue weighted by atomic mass is 35.5. The first-order valence-electron chi connectivity index (χ1n) is 10.9. The number of rotatable bonds is 7. The molecular weight excluding hydrogens is 478 g/mol. The maximum absolute atomic E-state index is 13.0. The standard InChI is InChI=1S/C28H20ClN3O4/c1-18-9-11-22(29)15-26(18)31-28(33)21(16-30)14-25-24-8-3-2-6-20(24)10-12-27(25)36-17-19-5-4-7-23(13-19)32(34)35/h2-15H,17H2,1H3,(H,31,33)/b21-14+. The zero-order chi connectivity index (χ0) is 25.7. The molecule has 0 unspecified atom stereocenters. The van der Waals surface area contributed by atoms with Gasteiger partial charge in [0.05, 0.1) is 4.92 Å². The van der Waals surface area contributed by atoms with E-state index in [0.29, 0.717) is 27.6 Å². The number of carbonyl (C=O) groups excluding carboxylic acids is 1. The predicted octanol–water partition coefficient (Wildman–Crippen LogP) is 6.83. The molecule has 0 heterocycles. The van der Waals surface area contributed by atoms with Crippen LogP contribution in [0.2, 0.25) is 5.02 Å². The van der Waals surface area contributed by atoms with Gasteiger partial charge in [-0.2, -0.15) is 5.26 Å². The number of benzene rings is 4. The minimum atomic E-state index is -0.583. The summed E-state index contributed by atoms with van der Waals surface area (Å²) in [5.41, 5.74) is 2.32.